The molecule has 0 bridgehead atoms. The van der Waals surface area contributed by atoms with Gasteiger partial charge in [-0.3, -0.25) is 4.79 Å². The number of aromatic carboxylic acids is 1. The molecule has 3 rings (SSSR count). The van der Waals surface area contributed by atoms with Crippen molar-refractivity contribution < 1.29 is 24.2 Å². The average Bonchev–Trinajstić information content (AvgIpc) is 2.69. The smallest absolute Gasteiger partial charge is 0.343 e. The number of carboxylic acids is 1. The van der Waals surface area contributed by atoms with Gasteiger partial charge in [-0.1, -0.05) is 30.3 Å². The summed E-state index contributed by atoms with van der Waals surface area (Å²) in [5, 5.41) is 11.8. The van der Waals surface area contributed by atoms with Crippen LogP contribution in [-0.4, -0.2) is 23.0 Å². The zero-order valence-corrected chi connectivity index (χ0v) is 14.1. The molecule has 0 aliphatic heterocycles. The van der Waals surface area contributed by atoms with Crippen molar-refractivity contribution in [2.45, 2.75) is 0 Å². The number of para-hydroxylation sites is 1. The second-order valence-corrected chi connectivity index (χ2v) is 5.58. The SMILES string of the molecule is O=C(Oc1ccccc1)c1ccc(NC(=O)c2ccccc2C(=O)O)cc1. The van der Waals surface area contributed by atoms with E-state index in [0.29, 0.717) is 17.0 Å². The molecular formula is C21H15NO5. The van der Waals surface area contributed by atoms with E-state index >= 15 is 0 Å². The maximum atomic E-state index is 12.3. The Morgan fingerprint density at radius 3 is 1.96 bits per heavy atom. The highest BCUT2D eigenvalue weighted by Crippen LogP contribution is 2.16. The molecule has 6 nitrogen and oxygen atoms in total. The average molecular weight is 361 g/mol. The lowest BCUT2D eigenvalue weighted by Gasteiger charge is -2.09. The number of ether oxygens (including phenoxy) is 1. The normalized spacial score (nSPS) is 10.1. The van der Waals surface area contributed by atoms with E-state index in [-0.39, 0.29) is 11.1 Å². The Kier molecular flexibility index (Phi) is 5.28. The first-order valence-corrected chi connectivity index (χ1v) is 8.05. The van der Waals surface area contributed by atoms with Gasteiger partial charge in [0.05, 0.1) is 16.7 Å². The van der Waals surface area contributed by atoms with E-state index in [1.807, 2.05) is 6.07 Å². The van der Waals surface area contributed by atoms with Gasteiger partial charge in [0.25, 0.3) is 5.91 Å². The van der Waals surface area contributed by atoms with Crippen LogP contribution >= 0.6 is 0 Å². The number of carbonyl (C=O) groups is 3. The molecule has 2 N–H and O–H groups in total. The van der Waals surface area contributed by atoms with E-state index < -0.39 is 17.8 Å². The number of benzene rings is 3. The monoisotopic (exact) mass is 361 g/mol. The Labute approximate surface area is 155 Å². The number of esters is 1. The molecule has 1 amide bonds. The first-order valence-electron chi connectivity index (χ1n) is 8.05. The number of carboxylic acid groups (broad SMARTS) is 1. The van der Waals surface area contributed by atoms with Crippen LogP contribution in [0.2, 0.25) is 0 Å². The van der Waals surface area contributed by atoms with Gasteiger partial charge in [-0.15, -0.1) is 0 Å². The first-order chi connectivity index (χ1) is 13.0. The molecule has 134 valence electrons. The Morgan fingerprint density at radius 1 is 0.741 bits per heavy atom. The molecule has 0 saturated carbocycles. The van der Waals surface area contributed by atoms with Crippen molar-refractivity contribution in [2.75, 3.05) is 5.32 Å². The molecule has 0 radical (unpaired) electrons. The van der Waals surface area contributed by atoms with Gasteiger partial charge in [0.15, 0.2) is 0 Å². The number of amides is 1. The molecule has 3 aromatic rings. The van der Waals surface area contributed by atoms with Crippen molar-refractivity contribution in [3.05, 3.63) is 95.6 Å². The van der Waals surface area contributed by atoms with Crippen molar-refractivity contribution in [1.29, 1.82) is 0 Å². The third kappa shape index (κ3) is 4.38. The van der Waals surface area contributed by atoms with Gasteiger partial charge in [-0.25, -0.2) is 9.59 Å². The minimum atomic E-state index is -1.18. The third-order valence-electron chi connectivity index (χ3n) is 3.73. The number of nitrogens with one attached hydrogen (secondary N) is 1. The van der Waals surface area contributed by atoms with E-state index in [1.165, 1.54) is 24.3 Å². The van der Waals surface area contributed by atoms with Crippen LogP contribution in [0.1, 0.15) is 31.1 Å². The standard InChI is InChI=1S/C21H15NO5/c23-19(17-8-4-5-9-18(17)20(24)25)22-15-12-10-14(11-13-15)21(26)27-16-6-2-1-3-7-16/h1-13H,(H,22,23)(H,24,25). The zero-order valence-electron chi connectivity index (χ0n) is 14.1. The summed E-state index contributed by atoms with van der Waals surface area (Å²) < 4.78 is 5.24. The summed E-state index contributed by atoms with van der Waals surface area (Å²) in [5.41, 5.74) is 0.717. The summed E-state index contributed by atoms with van der Waals surface area (Å²) in [6.45, 7) is 0. The zero-order chi connectivity index (χ0) is 19.2. The molecule has 6 heteroatoms. The number of hydrogen-bond acceptors (Lipinski definition) is 4. The number of rotatable bonds is 5. The predicted octanol–water partition coefficient (Wildman–Crippen LogP) is 3.86. The van der Waals surface area contributed by atoms with Gasteiger partial charge in [0.2, 0.25) is 0 Å². The molecule has 0 atom stereocenters. The second kappa shape index (κ2) is 7.97. The van der Waals surface area contributed by atoms with Crippen LogP contribution in [0.3, 0.4) is 0 Å². The molecule has 27 heavy (non-hydrogen) atoms. The van der Waals surface area contributed by atoms with Gasteiger partial charge in [-0.05, 0) is 48.5 Å². The number of anilines is 1. The van der Waals surface area contributed by atoms with E-state index in [0.717, 1.165) is 0 Å². The van der Waals surface area contributed by atoms with Gasteiger partial charge >= 0.3 is 11.9 Å². The summed E-state index contributed by atoms with van der Waals surface area (Å²) in [4.78, 5) is 35.7. The molecule has 0 heterocycles. The van der Waals surface area contributed by atoms with Gasteiger partial charge in [0.1, 0.15) is 5.75 Å². The fourth-order valence-electron chi connectivity index (χ4n) is 2.41. The second-order valence-electron chi connectivity index (χ2n) is 5.58. The van der Waals surface area contributed by atoms with Crippen LogP contribution < -0.4 is 10.1 Å². The minimum absolute atomic E-state index is 0.0533. The van der Waals surface area contributed by atoms with Crippen LogP contribution in [0.15, 0.2) is 78.9 Å². The van der Waals surface area contributed by atoms with Crippen molar-refractivity contribution >= 4 is 23.5 Å². The predicted molar refractivity (Wildman–Crippen MR) is 99.2 cm³/mol. The maximum Gasteiger partial charge on any atom is 0.343 e. The van der Waals surface area contributed by atoms with Crippen LogP contribution in [-0.2, 0) is 0 Å². The van der Waals surface area contributed by atoms with Gasteiger partial charge in [-0.2, -0.15) is 0 Å². The molecule has 0 aliphatic rings. The lowest BCUT2D eigenvalue weighted by molar-refractivity contribution is 0.0690. The minimum Gasteiger partial charge on any atom is -0.478 e. The van der Waals surface area contributed by atoms with Crippen LogP contribution in [0, 0.1) is 0 Å². The van der Waals surface area contributed by atoms with Gasteiger partial charge in [0, 0.05) is 5.69 Å². The highest BCUT2D eigenvalue weighted by molar-refractivity contribution is 6.10. The maximum absolute atomic E-state index is 12.3. The van der Waals surface area contributed by atoms with E-state index in [2.05, 4.69) is 5.32 Å². The molecule has 0 unspecified atom stereocenters. The van der Waals surface area contributed by atoms with Crippen LogP contribution in [0.25, 0.3) is 0 Å². The fraction of sp³-hybridized carbons (Fsp3) is 0. The molecule has 3 aromatic carbocycles. The van der Waals surface area contributed by atoms with Crippen LogP contribution in [0.4, 0.5) is 5.69 Å². The Bertz CT molecular complexity index is 981. The molecule has 0 aliphatic carbocycles. The van der Waals surface area contributed by atoms with Crippen LogP contribution in [0.5, 0.6) is 5.75 Å². The highest BCUT2D eigenvalue weighted by atomic mass is 16.5. The fourth-order valence-corrected chi connectivity index (χ4v) is 2.41. The summed E-state index contributed by atoms with van der Waals surface area (Å²) in [6.07, 6.45) is 0. The molecule has 0 aromatic heterocycles. The third-order valence-corrected chi connectivity index (χ3v) is 3.73. The highest BCUT2D eigenvalue weighted by Gasteiger charge is 2.16. The summed E-state index contributed by atoms with van der Waals surface area (Å²) in [7, 11) is 0. The van der Waals surface area contributed by atoms with Crippen molar-refractivity contribution in [3.8, 4) is 5.75 Å². The number of hydrogen-bond donors (Lipinski definition) is 2. The van der Waals surface area contributed by atoms with E-state index in [4.69, 9.17) is 9.84 Å². The van der Waals surface area contributed by atoms with Crippen molar-refractivity contribution in [3.63, 3.8) is 0 Å². The summed E-state index contributed by atoms with van der Waals surface area (Å²) in [5.74, 6) is -1.81. The quantitative estimate of drug-likeness (QED) is 0.532. The van der Waals surface area contributed by atoms with Crippen molar-refractivity contribution in [2.24, 2.45) is 0 Å². The Morgan fingerprint density at radius 2 is 1.33 bits per heavy atom. The topological polar surface area (TPSA) is 92.7 Å². The largest absolute Gasteiger partial charge is 0.478 e. The summed E-state index contributed by atoms with van der Waals surface area (Å²) in [6, 6.07) is 20.7. The molecule has 0 saturated heterocycles. The molecular weight excluding hydrogens is 346 g/mol. The Balaban J connectivity index is 1.70. The van der Waals surface area contributed by atoms with Crippen molar-refractivity contribution in [1.82, 2.24) is 0 Å². The molecule has 0 fully saturated rings. The molecule has 0 spiro atoms. The van der Waals surface area contributed by atoms with E-state index in [9.17, 15) is 14.4 Å². The van der Waals surface area contributed by atoms with E-state index in [1.54, 1.807) is 48.5 Å². The number of carbonyl (C=O) groups excluding carboxylic acids is 2. The van der Waals surface area contributed by atoms with Gasteiger partial charge < -0.3 is 15.2 Å². The lowest BCUT2D eigenvalue weighted by Crippen LogP contribution is -2.16. The lowest BCUT2D eigenvalue weighted by atomic mass is 10.1. The summed E-state index contributed by atoms with van der Waals surface area (Å²) >= 11 is 0. The Hall–Kier alpha value is -3.93. The first kappa shape index (κ1) is 17.9.